The van der Waals surface area contributed by atoms with Crippen LogP contribution in [0.1, 0.15) is 13.3 Å². The highest BCUT2D eigenvalue weighted by Crippen LogP contribution is 2.52. The summed E-state index contributed by atoms with van der Waals surface area (Å²) in [6.45, 7) is 2.14. The van der Waals surface area contributed by atoms with Gasteiger partial charge in [-0.15, -0.1) is 0 Å². The maximum atomic E-state index is 10.5. The van der Waals surface area contributed by atoms with Crippen molar-refractivity contribution in [2.45, 2.75) is 25.4 Å². The maximum Gasteiger partial charge on any atom is 0.211 e. The van der Waals surface area contributed by atoms with Gasteiger partial charge in [0.05, 0.1) is 6.07 Å². The van der Waals surface area contributed by atoms with Crippen LogP contribution >= 0.6 is 0 Å². The van der Waals surface area contributed by atoms with Gasteiger partial charge in [0.2, 0.25) is 6.41 Å². The van der Waals surface area contributed by atoms with Crippen molar-refractivity contribution in [3.8, 4) is 6.07 Å². The number of nitrogens with zero attached hydrogens (tertiary/aromatic N) is 2. The van der Waals surface area contributed by atoms with Crippen molar-refractivity contribution in [1.82, 2.24) is 4.90 Å². The number of amides is 1. The SMILES string of the molecule is CC1C2CC(C#N)N(C=O)C12. The van der Waals surface area contributed by atoms with Crippen LogP contribution in [0.5, 0.6) is 0 Å². The first-order valence-corrected chi connectivity index (χ1v) is 3.92. The van der Waals surface area contributed by atoms with E-state index in [0.29, 0.717) is 17.9 Å². The summed E-state index contributed by atoms with van der Waals surface area (Å²) in [4.78, 5) is 12.2. The maximum absolute atomic E-state index is 10.5. The van der Waals surface area contributed by atoms with Crippen LogP contribution < -0.4 is 0 Å². The number of rotatable bonds is 1. The quantitative estimate of drug-likeness (QED) is 0.507. The van der Waals surface area contributed by atoms with Crippen molar-refractivity contribution in [2.75, 3.05) is 0 Å². The summed E-state index contributed by atoms with van der Waals surface area (Å²) in [5, 5.41) is 8.64. The first-order valence-electron chi connectivity index (χ1n) is 3.92. The van der Waals surface area contributed by atoms with Gasteiger partial charge in [0, 0.05) is 6.04 Å². The molecule has 0 radical (unpaired) electrons. The number of hydrogen-bond acceptors (Lipinski definition) is 2. The molecule has 3 heteroatoms. The lowest BCUT2D eigenvalue weighted by atomic mass is 10.1. The van der Waals surface area contributed by atoms with Gasteiger partial charge in [-0.05, 0) is 18.3 Å². The Morgan fingerprint density at radius 1 is 1.73 bits per heavy atom. The molecule has 0 N–H and O–H groups in total. The number of hydrogen-bond donors (Lipinski definition) is 0. The van der Waals surface area contributed by atoms with E-state index < -0.39 is 0 Å². The van der Waals surface area contributed by atoms with Crippen LogP contribution in [0.2, 0.25) is 0 Å². The van der Waals surface area contributed by atoms with Gasteiger partial charge in [0.1, 0.15) is 6.04 Å². The molecular weight excluding hydrogens is 140 g/mol. The Labute approximate surface area is 65.6 Å². The van der Waals surface area contributed by atoms with Gasteiger partial charge in [0.25, 0.3) is 0 Å². The fourth-order valence-corrected chi connectivity index (χ4v) is 2.22. The van der Waals surface area contributed by atoms with Crippen molar-refractivity contribution in [2.24, 2.45) is 11.8 Å². The zero-order chi connectivity index (χ0) is 8.01. The zero-order valence-corrected chi connectivity index (χ0v) is 6.40. The van der Waals surface area contributed by atoms with Crippen LogP contribution in [0, 0.1) is 23.2 Å². The number of nitriles is 1. The van der Waals surface area contributed by atoms with Crippen LogP contribution in [-0.2, 0) is 4.79 Å². The lowest BCUT2D eigenvalue weighted by molar-refractivity contribution is -0.119. The molecule has 1 saturated carbocycles. The summed E-state index contributed by atoms with van der Waals surface area (Å²) >= 11 is 0. The van der Waals surface area contributed by atoms with Crippen LogP contribution in [-0.4, -0.2) is 23.4 Å². The average Bonchev–Trinajstić information content (AvgIpc) is 2.50. The largest absolute Gasteiger partial charge is 0.326 e. The summed E-state index contributed by atoms with van der Waals surface area (Å²) < 4.78 is 0. The van der Waals surface area contributed by atoms with E-state index in [2.05, 4.69) is 13.0 Å². The monoisotopic (exact) mass is 150 g/mol. The third-order valence-electron chi connectivity index (χ3n) is 2.98. The Hall–Kier alpha value is -1.04. The Morgan fingerprint density at radius 3 is 3.00 bits per heavy atom. The average molecular weight is 150 g/mol. The van der Waals surface area contributed by atoms with E-state index in [-0.39, 0.29) is 6.04 Å². The van der Waals surface area contributed by atoms with Gasteiger partial charge >= 0.3 is 0 Å². The summed E-state index contributed by atoms with van der Waals surface area (Å²) in [6.07, 6.45) is 1.71. The van der Waals surface area contributed by atoms with Gasteiger partial charge in [-0.25, -0.2) is 0 Å². The lowest BCUT2D eigenvalue weighted by Crippen LogP contribution is -2.31. The molecule has 3 nitrogen and oxygen atoms in total. The first kappa shape index (κ1) is 6.66. The molecule has 1 aliphatic carbocycles. The van der Waals surface area contributed by atoms with E-state index in [1.54, 1.807) is 4.90 Å². The minimum absolute atomic E-state index is 0.140. The fourth-order valence-electron chi connectivity index (χ4n) is 2.22. The van der Waals surface area contributed by atoms with Gasteiger partial charge in [0.15, 0.2) is 0 Å². The van der Waals surface area contributed by atoms with E-state index in [4.69, 9.17) is 5.26 Å². The second-order valence-electron chi connectivity index (χ2n) is 3.45. The molecule has 2 rings (SSSR count). The van der Waals surface area contributed by atoms with E-state index in [0.717, 1.165) is 12.8 Å². The smallest absolute Gasteiger partial charge is 0.211 e. The topological polar surface area (TPSA) is 44.1 Å². The summed E-state index contributed by atoms with van der Waals surface area (Å²) in [5.74, 6) is 1.25. The number of fused-ring (bicyclic) bond motifs is 1. The van der Waals surface area contributed by atoms with Gasteiger partial charge in [-0.1, -0.05) is 6.92 Å². The van der Waals surface area contributed by atoms with Crippen molar-refractivity contribution >= 4 is 6.41 Å². The minimum Gasteiger partial charge on any atom is -0.326 e. The molecule has 2 aliphatic rings. The molecule has 1 aliphatic heterocycles. The molecule has 4 atom stereocenters. The second-order valence-corrected chi connectivity index (χ2v) is 3.45. The minimum atomic E-state index is -0.140. The predicted octanol–water partition coefficient (Wildman–Crippen LogP) is 0.375. The third kappa shape index (κ3) is 0.697. The molecule has 0 aromatic rings. The van der Waals surface area contributed by atoms with Crippen LogP contribution in [0.15, 0.2) is 0 Å². The highest BCUT2D eigenvalue weighted by Gasteiger charge is 2.58. The predicted molar refractivity (Wildman–Crippen MR) is 38.4 cm³/mol. The molecule has 4 unspecified atom stereocenters. The molecule has 1 amide bonds. The van der Waals surface area contributed by atoms with Crippen LogP contribution in [0.3, 0.4) is 0 Å². The normalized spacial score (nSPS) is 46.4. The van der Waals surface area contributed by atoms with Crippen molar-refractivity contribution < 1.29 is 4.79 Å². The molecule has 0 spiro atoms. The standard InChI is InChI=1S/C8H10N2O/c1-5-7-2-6(3-9)10(4-11)8(5)7/h4-8H,2H2,1H3. The fraction of sp³-hybridized carbons (Fsp3) is 0.750. The molecule has 2 fully saturated rings. The molecular formula is C8H10N2O. The summed E-state index contributed by atoms with van der Waals surface area (Å²) in [6, 6.07) is 2.39. The highest BCUT2D eigenvalue weighted by molar-refractivity contribution is 5.52. The van der Waals surface area contributed by atoms with Crippen molar-refractivity contribution in [3.63, 3.8) is 0 Å². The van der Waals surface area contributed by atoms with E-state index in [1.807, 2.05) is 0 Å². The molecule has 58 valence electrons. The van der Waals surface area contributed by atoms with Gasteiger partial charge in [-0.3, -0.25) is 4.79 Å². The Balaban J connectivity index is 2.14. The Kier molecular flexibility index (Phi) is 1.19. The second kappa shape index (κ2) is 1.97. The summed E-state index contributed by atoms with van der Waals surface area (Å²) in [5.41, 5.74) is 0. The molecule has 1 saturated heterocycles. The molecule has 1 heterocycles. The van der Waals surface area contributed by atoms with Crippen LogP contribution in [0.25, 0.3) is 0 Å². The summed E-state index contributed by atoms with van der Waals surface area (Å²) in [7, 11) is 0. The molecule has 11 heavy (non-hydrogen) atoms. The molecule has 0 aromatic carbocycles. The van der Waals surface area contributed by atoms with E-state index in [9.17, 15) is 4.79 Å². The van der Waals surface area contributed by atoms with Gasteiger partial charge in [-0.2, -0.15) is 5.26 Å². The van der Waals surface area contributed by atoms with Gasteiger partial charge < -0.3 is 4.90 Å². The lowest BCUT2D eigenvalue weighted by Gasteiger charge is -2.17. The Morgan fingerprint density at radius 2 is 2.45 bits per heavy atom. The zero-order valence-electron chi connectivity index (χ0n) is 6.40. The Bertz CT molecular complexity index is 233. The van der Waals surface area contributed by atoms with Crippen molar-refractivity contribution in [3.05, 3.63) is 0 Å². The molecule has 0 aromatic heterocycles. The van der Waals surface area contributed by atoms with E-state index in [1.165, 1.54) is 0 Å². The number of carbonyl (C=O) groups is 1. The van der Waals surface area contributed by atoms with Crippen molar-refractivity contribution in [1.29, 1.82) is 5.26 Å². The first-order chi connectivity index (χ1) is 5.29. The number of likely N-dealkylation sites (tertiary alicyclic amines) is 1. The number of piperidine rings is 1. The number of carbonyl (C=O) groups excluding carboxylic acids is 1. The third-order valence-corrected chi connectivity index (χ3v) is 2.98. The van der Waals surface area contributed by atoms with Crippen LogP contribution in [0.4, 0.5) is 0 Å². The highest BCUT2D eigenvalue weighted by atomic mass is 16.1. The molecule has 0 bridgehead atoms. The van der Waals surface area contributed by atoms with E-state index >= 15 is 0 Å².